The summed E-state index contributed by atoms with van der Waals surface area (Å²) < 4.78 is 5.35. The van der Waals surface area contributed by atoms with Crippen LogP contribution in [0, 0.1) is 0 Å². The fraction of sp³-hybridized carbons (Fsp3) is 0.412. The SMILES string of the molecule is CC(CNCc1ccco1)N1CCN(C)c2ccccc21. The van der Waals surface area contributed by atoms with E-state index in [0.717, 1.165) is 31.9 Å². The molecule has 2 heterocycles. The molecule has 0 bridgehead atoms. The normalized spacial score (nSPS) is 15.9. The zero-order valence-electron chi connectivity index (χ0n) is 12.7. The van der Waals surface area contributed by atoms with Crippen LogP contribution in [0.2, 0.25) is 0 Å². The molecule has 21 heavy (non-hydrogen) atoms. The molecule has 1 aliphatic rings. The van der Waals surface area contributed by atoms with Crippen molar-refractivity contribution >= 4 is 11.4 Å². The molecule has 0 aliphatic carbocycles. The van der Waals surface area contributed by atoms with Gasteiger partial charge in [0.15, 0.2) is 0 Å². The van der Waals surface area contributed by atoms with Gasteiger partial charge < -0.3 is 19.5 Å². The van der Waals surface area contributed by atoms with Crippen molar-refractivity contribution in [3.8, 4) is 0 Å². The third-order valence-corrected chi connectivity index (χ3v) is 4.13. The van der Waals surface area contributed by atoms with Crippen LogP contribution >= 0.6 is 0 Å². The molecule has 0 radical (unpaired) electrons. The molecule has 4 heteroatoms. The van der Waals surface area contributed by atoms with Gasteiger partial charge in [0.1, 0.15) is 5.76 Å². The quantitative estimate of drug-likeness (QED) is 0.915. The standard InChI is InChI=1S/C17H23N3O/c1-14(12-18-13-15-6-5-11-21-15)20-10-9-19(2)16-7-3-4-8-17(16)20/h3-8,11,14,18H,9-10,12-13H2,1-2H3. The summed E-state index contributed by atoms with van der Waals surface area (Å²) in [6.45, 7) is 6.14. The highest BCUT2D eigenvalue weighted by molar-refractivity contribution is 5.73. The number of fused-ring (bicyclic) bond motifs is 1. The highest BCUT2D eigenvalue weighted by atomic mass is 16.3. The second-order valence-electron chi connectivity index (χ2n) is 5.66. The van der Waals surface area contributed by atoms with E-state index in [9.17, 15) is 0 Å². The Morgan fingerprint density at radius 1 is 1.14 bits per heavy atom. The van der Waals surface area contributed by atoms with Crippen molar-refractivity contribution in [3.63, 3.8) is 0 Å². The van der Waals surface area contributed by atoms with Crippen molar-refractivity contribution in [1.29, 1.82) is 0 Å². The molecule has 3 rings (SSSR count). The third kappa shape index (κ3) is 3.05. The first-order chi connectivity index (χ1) is 10.3. The Bertz CT molecular complexity index is 567. The minimum absolute atomic E-state index is 0.454. The lowest BCUT2D eigenvalue weighted by Gasteiger charge is -2.40. The van der Waals surface area contributed by atoms with E-state index in [0.29, 0.717) is 6.04 Å². The number of furan rings is 1. The molecule has 0 saturated carbocycles. The summed E-state index contributed by atoms with van der Waals surface area (Å²) in [7, 11) is 2.16. The number of nitrogens with one attached hydrogen (secondary N) is 1. The first-order valence-corrected chi connectivity index (χ1v) is 7.55. The van der Waals surface area contributed by atoms with Gasteiger partial charge in [-0.2, -0.15) is 0 Å². The highest BCUT2D eigenvalue weighted by Crippen LogP contribution is 2.32. The van der Waals surface area contributed by atoms with Gasteiger partial charge in [-0.1, -0.05) is 12.1 Å². The number of anilines is 2. The maximum atomic E-state index is 5.35. The van der Waals surface area contributed by atoms with Crippen molar-refractivity contribution in [1.82, 2.24) is 5.32 Å². The molecular weight excluding hydrogens is 262 g/mol. The Balaban J connectivity index is 1.62. The van der Waals surface area contributed by atoms with Gasteiger partial charge in [0.25, 0.3) is 0 Å². The molecule has 0 saturated heterocycles. The first-order valence-electron chi connectivity index (χ1n) is 7.55. The summed E-state index contributed by atoms with van der Waals surface area (Å²) in [4.78, 5) is 4.82. The Morgan fingerprint density at radius 2 is 1.95 bits per heavy atom. The van der Waals surface area contributed by atoms with Gasteiger partial charge in [0.2, 0.25) is 0 Å². The van der Waals surface area contributed by atoms with Crippen LogP contribution in [0.5, 0.6) is 0 Å². The Morgan fingerprint density at radius 3 is 2.71 bits per heavy atom. The van der Waals surface area contributed by atoms with Crippen molar-refractivity contribution in [3.05, 3.63) is 48.4 Å². The van der Waals surface area contributed by atoms with Crippen molar-refractivity contribution in [2.24, 2.45) is 0 Å². The number of likely N-dealkylation sites (N-methyl/N-ethyl adjacent to an activating group) is 1. The van der Waals surface area contributed by atoms with E-state index in [1.54, 1.807) is 6.26 Å². The molecule has 4 nitrogen and oxygen atoms in total. The van der Waals surface area contributed by atoms with Crippen LogP contribution in [-0.4, -0.2) is 32.7 Å². The second kappa shape index (κ2) is 6.22. The maximum Gasteiger partial charge on any atom is 0.117 e. The molecule has 1 atom stereocenters. The summed E-state index contributed by atoms with van der Waals surface area (Å²) >= 11 is 0. The average Bonchev–Trinajstić information content (AvgIpc) is 3.01. The molecule has 0 amide bonds. The fourth-order valence-electron chi connectivity index (χ4n) is 2.91. The molecule has 0 fully saturated rings. The largest absolute Gasteiger partial charge is 0.468 e. The minimum Gasteiger partial charge on any atom is -0.468 e. The van der Waals surface area contributed by atoms with Gasteiger partial charge in [-0.15, -0.1) is 0 Å². The number of hydrogen-bond acceptors (Lipinski definition) is 4. The maximum absolute atomic E-state index is 5.35. The van der Waals surface area contributed by atoms with E-state index >= 15 is 0 Å². The molecule has 1 N–H and O–H groups in total. The van der Waals surface area contributed by atoms with E-state index < -0.39 is 0 Å². The Kier molecular flexibility index (Phi) is 4.15. The van der Waals surface area contributed by atoms with Crippen molar-refractivity contribution < 1.29 is 4.42 Å². The van der Waals surface area contributed by atoms with Gasteiger partial charge in [-0.3, -0.25) is 0 Å². The zero-order chi connectivity index (χ0) is 14.7. The minimum atomic E-state index is 0.454. The summed E-state index contributed by atoms with van der Waals surface area (Å²) in [6.07, 6.45) is 1.72. The lowest BCUT2D eigenvalue weighted by atomic mass is 10.1. The summed E-state index contributed by atoms with van der Waals surface area (Å²) in [5, 5.41) is 3.48. The van der Waals surface area contributed by atoms with Gasteiger partial charge >= 0.3 is 0 Å². The van der Waals surface area contributed by atoms with Crippen LogP contribution in [0.15, 0.2) is 47.1 Å². The zero-order valence-corrected chi connectivity index (χ0v) is 12.7. The fourth-order valence-corrected chi connectivity index (χ4v) is 2.91. The predicted octanol–water partition coefficient (Wildman–Crippen LogP) is 2.71. The molecule has 1 aromatic heterocycles. The van der Waals surface area contributed by atoms with Crippen LogP contribution in [0.4, 0.5) is 11.4 Å². The highest BCUT2D eigenvalue weighted by Gasteiger charge is 2.23. The number of para-hydroxylation sites is 2. The Labute approximate surface area is 126 Å². The topological polar surface area (TPSA) is 31.7 Å². The number of benzene rings is 1. The molecule has 1 aromatic carbocycles. The van der Waals surface area contributed by atoms with Crippen molar-refractivity contribution in [2.75, 3.05) is 36.5 Å². The smallest absolute Gasteiger partial charge is 0.117 e. The second-order valence-corrected chi connectivity index (χ2v) is 5.66. The van der Waals surface area contributed by atoms with E-state index in [1.807, 2.05) is 12.1 Å². The van der Waals surface area contributed by atoms with E-state index in [4.69, 9.17) is 4.42 Å². The predicted molar refractivity (Wildman–Crippen MR) is 86.9 cm³/mol. The van der Waals surface area contributed by atoms with E-state index in [1.165, 1.54) is 11.4 Å². The van der Waals surface area contributed by atoms with E-state index in [2.05, 4.69) is 53.4 Å². The van der Waals surface area contributed by atoms with Crippen LogP contribution < -0.4 is 15.1 Å². The lowest BCUT2D eigenvalue weighted by Crippen LogP contribution is -2.47. The van der Waals surface area contributed by atoms with Gasteiger partial charge in [0, 0.05) is 32.7 Å². The van der Waals surface area contributed by atoms with Gasteiger partial charge in [-0.05, 0) is 31.2 Å². The number of rotatable bonds is 5. The summed E-state index contributed by atoms with van der Waals surface area (Å²) in [5.41, 5.74) is 2.65. The summed E-state index contributed by atoms with van der Waals surface area (Å²) in [6, 6.07) is 13.0. The van der Waals surface area contributed by atoms with Crippen LogP contribution in [0.1, 0.15) is 12.7 Å². The van der Waals surface area contributed by atoms with Gasteiger partial charge in [-0.25, -0.2) is 0 Å². The van der Waals surface area contributed by atoms with Crippen LogP contribution in [0.25, 0.3) is 0 Å². The molecule has 1 unspecified atom stereocenters. The molecule has 1 aliphatic heterocycles. The molecule has 0 spiro atoms. The Hall–Kier alpha value is -1.94. The number of hydrogen-bond donors (Lipinski definition) is 1. The van der Waals surface area contributed by atoms with Gasteiger partial charge in [0.05, 0.1) is 24.2 Å². The lowest BCUT2D eigenvalue weighted by molar-refractivity contribution is 0.469. The van der Waals surface area contributed by atoms with Crippen molar-refractivity contribution in [2.45, 2.75) is 19.5 Å². The number of nitrogens with zero attached hydrogens (tertiary/aromatic N) is 2. The first kappa shape index (κ1) is 14.0. The molecular formula is C17H23N3O. The van der Waals surface area contributed by atoms with E-state index in [-0.39, 0.29) is 0 Å². The monoisotopic (exact) mass is 285 g/mol. The third-order valence-electron chi connectivity index (χ3n) is 4.13. The molecule has 2 aromatic rings. The molecule has 112 valence electrons. The summed E-state index contributed by atoms with van der Waals surface area (Å²) in [5.74, 6) is 0.987. The average molecular weight is 285 g/mol. The van der Waals surface area contributed by atoms with Crippen LogP contribution in [-0.2, 0) is 6.54 Å². The van der Waals surface area contributed by atoms with Crippen LogP contribution in [0.3, 0.4) is 0 Å².